The monoisotopic (exact) mass is 494 g/mol. The van der Waals surface area contributed by atoms with Crippen LogP contribution in [0.2, 0.25) is 0 Å². The molecule has 1 aliphatic rings. The van der Waals surface area contributed by atoms with Crippen molar-refractivity contribution in [2.75, 3.05) is 49.4 Å². The van der Waals surface area contributed by atoms with E-state index in [-0.39, 0.29) is 4.90 Å². The van der Waals surface area contributed by atoms with Gasteiger partial charge >= 0.3 is 0 Å². The fourth-order valence-corrected chi connectivity index (χ4v) is 5.51. The summed E-state index contributed by atoms with van der Waals surface area (Å²) in [7, 11) is -1.78. The van der Waals surface area contributed by atoms with Crippen LogP contribution in [0.15, 0.2) is 59.6 Å². The number of aryl methyl sites for hydroxylation is 1. The lowest BCUT2D eigenvalue weighted by atomic mass is 10.2. The molecule has 3 heterocycles. The average Bonchev–Trinajstić information content (AvgIpc) is 3.21. The molecule has 5 rings (SSSR count). The number of morpholine rings is 1. The van der Waals surface area contributed by atoms with Crippen molar-refractivity contribution in [1.29, 1.82) is 0 Å². The first-order valence-corrected chi connectivity index (χ1v) is 12.5. The number of aromatic nitrogens is 4. The minimum absolute atomic E-state index is 0.200. The number of para-hydroxylation sites is 1. The van der Waals surface area contributed by atoms with Crippen LogP contribution in [0.3, 0.4) is 0 Å². The van der Waals surface area contributed by atoms with Crippen molar-refractivity contribution in [3.8, 4) is 0 Å². The molecule has 1 saturated heterocycles. The van der Waals surface area contributed by atoms with Crippen LogP contribution in [0.25, 0.3) is 11.0 Å². The van der Waals surface area contributed by atoms with E-state index in [1.807, 2.05) is 32.2 Å². The Labute approximate surface area is 203 Å². The highest BCUT2D eigenvalue weighted by molar-refractivity contribution is 7.89. The SMILES string of the molecule is Cc1cccc2c1nc(N)n2N(C)c1ccnc(Nc2cccc(S(=O)(=O)N3CCOCC3)c2)n1. The van der Waals surface area contributed by atoms with Gasteiger partial charge in [0.1, 0.15) is 0 Å². The van der Waals surface area contributed by atoms with Crippen molar-refractivity contribution in [2.45, 2.75) is 11.8 Å². The van der Waals surface area contributed by atoms with Crippen LogP contribution in [-0.2, 0) is 14.8 Å². The molecule has 0 saturated carbocycles. The standard InChI is InChI=1S/C23H26N8O3S/c1-16-5-3-8-19-21(16)28-22(24)31(19)29(2)20-9-10-25-23(27-20)26-17-6-4-7-18(15-17)35(32,33)30-11-13-34-14-12-30/h3-10,15H,11-14H2,1-2H3,(H2,24,28)(H,25,26,27). The molecule has 35 heavy (non-hydrogen) atoms. The molecule has 0 spiro atoms. The lowest BCUT2D eigenvalue weighted by Crippen LogP contribution is -2.40. The van der Waals surface area contributed by atoms with Crippen LogP contribution in [0, 0.1) is 6.92 Å². The summed E-state index contributed by atoms with van der Waals surface area (Å²) in [5, 5.41) is 4.90. The number of benzene rings is 2. The van der Waals surface area contributed by atoms with Gasteiger partial charge in [0.2, 0.25) is 21.9 Å². The molecule has 1 fully saturated rings. The quantitative estimate of drug-likeness (QED) is 0.415. The molecule has 182 valence electrons. The van der Waals surface area contributed by atoms with Gasteiger partial charge < -0.3 is 15.8 Å². The van der Waals surface area contributed by atoms with Gasteiger partial charge in [-0.25, -0.2) is 23.1 Å². The van der Waals surface area contributed by atoms with Crippen LogP contribution in [0.1, 0.15) is 5.56 Å². The van der Waals surface area contributed by atoms with Gasteiger partial charge in [-0.2, -0.15) is 9.29 Å². The van der Waals surface area contributed by atoms with Crippen molar-refractivity contribution in [1.82, 2.24) is 23.9 Å². The lowest BCUT2D eigenvalue weighted by Gasteiger charge is -2.26. The fraction of sp³-hybridized carbons (Fsp3) is 0.261. The van der Waals surface area contributed by atoms with E-state index in [2.05, 4.69) is 20.3 Å². The molecule has 11 nitrogen and oxygen atoms in total. The minimum Gasteiger partial charge on any atom is -0.379 e. The smallest absolute Gasteiger partial charge is 0.243 e. The maximum Gasteiger partial charge on any atom is 0.243 e. The molecule has 1 aliphatic heterocycles. The molecular weight excluding hydrogens is 468 g/mol. The second-order valence-electron chi connectivity index (χ2n) is 8.16. The lowest BCUT2D eigenvalue weighted by molar-refractivity contribution is 0.0730. The number of nitrogens with two attached hydrogens (primary N) is 1. The number of anilines is 4. The zero-order chi connectivity index (χ0) is 24.6. The van der Waals surface area contributed by atoms with Crippen LogP contribution in [0.4, 0.5) is 23.4 Å². The van der Waals surface area contributed by atoms with Gasteiger partial charge in [-0.05, 0) is 36.8 Å². The van der Waals surface area contributed by atoms with E-state index >= 15 is 0 Å². The van der Waals surface area contributed by atoms with Crippen molar-refractivity contribution < 1.29 is 13.2 Å². The largest absolute Gasteiger partial charge is 0.379 e. The van der Waals surface area contributed by atoms with Gasteiger partial charge in [0.15, 0.2) is 5.82 Å². The van der Waals surface area contributed by atoms with Gasteiger partial charge in [0.25, 0.3) is 0 Å². The molecule has 0 atom stereocenters. The fourth-order valence-electron chi connectivity index (χ4n) is 4.05. The van der Waals surface area contributed by atoms with Crippen molar-refractivity contribution in [3.63, 3.8) is 0 Å². The number of hydrogen-bond acceptors (Lipinski definition) is 9. The second-order valence-corrected chi connectivity index (χ2v) is 10.1. The summed E-state index contributed by atoms with van der Waals surface area (Å²) in [6.45, 7) is 3.44. The zero-order valence-electron chi connectivity index (χ0n) is 19.4. The Hall–Kier alpha value is -3.74. The molecule has 0 unspecified atom stereocenters. The predicted octanol–water partition coefficient (Wildman–Crippen LogP) is 2.38. The molecule has 12 heteroatoms. The van der Waals surface area contributed by atoms with Crippen LogP contribution in [0.5, 0.6) is 0 Å². The van der Waals surface area contributed by atoms with Gasteiger partial charge in [-0.15, -0.1) is 0 Å². The first-order chi connectivity index (χ1) is 16.8. The van der Waals surface area contributed by atoms with E-state index in [0.29, 0.717) is 49.7 Å². The van der Waals surface area contributed by atoms with Crippen molar-refractivity contribution >= 4 is 44.5 Å². The molecular formula is C23H26N8O3S. The zero-order valence-corrected chi connectivity index (χ0v) is 20.2. The Morgan fingerprint density at radius 3 is 2.66 bits per heavy atom. The molecule has 0 aliphatic carbocycles. The molecule has 0 bridgehead atoms. The van der Waals surface area contributed by atoms with Crippen LogP contribution >= 0.6 is 0 Å². The Morgan fingerprint density at radius 1 is 1.09 bits per heavy atom. The van der Waals surface area contributed by atoms with E-state index in [9.17, 15) is 8.42 Å². The topological polar surface area (TPSA) is 132 Å². The number of nitrogens with zero attached hydrogens (tertiary/aromatic N) is 6. The van der Waals surface area contributed by atoms with Gasteiger partial charge in [0.05, 0.1) is 29.1 Å². The van der Waals surface area contributed by atoms with Crippen molar-refractivity contribution in [2.24, 2.45) is 0 Å². The van der Waals surface area contributed by atoms with Crippen LogP contribution < -0.4 is 16.1 Å². The maximum absolute atomic E-state index is 13.0. The summed E-state index contributed by atoms with van der Waals surface area (Å²) in [6, 6.07) is 14.3. The third kappa shape index (κ3) is 4.38. The average molecular weight is 495 g/mol. The number of fused-ring (bicyclic) bond motifs is 1. The number of hydrogen-bond donors (Lipinski definition) is 2. The summed E-state index contributed by atoms with van der Waals surface area (Å²) < 4.78 is 34.5. The van der Waals surface area contributed by atoms with Crippen LogP contribution in [-0.4, -0.2) is 65.7 Å². The molecule has 0 amide bonds. The molecule has 2 aromatic heterocycles. The summed E-state index contributed by atoms with van der Waals surface area (Å²) in [5.41, 5.74) is 9.49. The number of imidazole rings is 1. The Morgan fingerprint density at radius 2 is 1.86 bits per heavy atom. The first-order valence-electron chi connectivity index (χ1n) is 11.1. The Bertz CT molecular complexity index is 1480. The van der Waals surface area contributed by atoms with E-state index < -0.39 is 10.0 Å². The third-order valence-electron chi connectivity index (χ3n) is 5.86. The molecule has 3 N–H and O–H groups in total. The molecule has 0 radical (unpaired) electrons. The first kappa shape index (κ1) is 23.0. The Balaban J connectivity index is 1.41. The van der Waals surface area contributed by atoms with Crippen molar-refractivity contribution in [3.05, 3.63) is 60.3 Å². The van der Waals surface area contributed by atoms with E-state index in [4.69, 9.17) is 10.5 Å². The van der Waals surface area contributed by atoms with Gasteiger partial charge in [-0.3, -0.25) is 5.01 Å². The number of nitrogen functional groups attached to an aromatic ring is 1. The van der Waals surface area contributed by atoms with Gasteiger partial charge in [-0.1, -0.05) is 18.2 Å². The highest BCUT2D eigenvalue weighted by Crippen LogP contribution is 2.25. The number of nitrogens with one attached hydrogen (secondary N) is 1. The summed E-state index contributed by atoms with van der Waals surface area (Å²) in [6.07, 6.45) is 1.62. The maximum atomic E-state index is 13.0. The summed E-state index contributed by atoms with van der Waals surface area (Å²) in [4.78, 5) is 13.6. The van der Waals surface area contributed by atoms with E-state index in [1.165, 1.54) is 4.31 Å². The summed E-state index contributed by atoms with van der Waals surface area (Å²) >= 11 is 0. The minimum atomic E-state index is -3.62. The third-order valence-corrected chi connectivity index (χ3v) is 7.75. The number of sulfonamides is 1. The summed E-state index contributed by atoms with van der Waals surface area (Å²) in [5.74, 6) is 1.23. The highest BCUT2D eigenvalue weighted by Gasteiger charge is 2.26. The highest BCUT2D eigenvalue weighted by atomic mass is 32.2. The second kappa shape index (κ2) is 9.13. The van der Waals surface area contributed by atoms with E-state index in [0.717, 1.165) is 16.6 Å². The number of rotatable bonds is 6. The van der Waals surface area contributed by atoms with Gasteiger partial charge in [0, 0.05) is 38.1 Å². The van der Waals surface area contributed by atoms with E-state index in [1.54, 1.807) is 46.2 Å². The predicted molar refractivity (Wildman–Crippen MR) is 134 cm³/mol. The number of ether oxygens (including phenoxy) is 1. The molecule has 4 aromatic rings. The molecule has 2 aromatic carbocycles. The normalized spacial score (nSPS) is 14.8. The Kier molecular flexibility index (Phi) is 6.01.